The zero-order valence-electron chi connectivity index (χ0n) is 6.02. The number of hydrogen-bond donors (Lipinski definition) is 3. The Hall–Kier alpha value is -1.10. The molecule has 0 aromatic heterocycles. The molecule has 0 radical (unpaired) electrons. The molecule has 0 saturated carbocycles. The molecular formula is C5H11N3O2. The van der Waals surface area contributed by atoms with Gasteiger partial charge >= 0.3 is 6.03 Å². The SMILES string of the molecule is CNCC(=O)NC(=O)NC. The lowest BCUT2D eigenvalue weighted by atomic mass is 10.6. The van der Waals surface area contributed by atoms with Crippen LogP contribution in [0, 0.1) is 0 Å². The summed E-state index contributed by atoms with van der Waals surface area (Å²) >= 11 is 0. The zero-order valence-corrected chi connectivity index (χ0v) is 6.02. The first-order valence-corrected chi connectivity index (χ1v) is 2.87. The molecular weight excluding hydrogens is 134 g/mol. The fraction of sp³-hybridized carbons (Fsp3) is 0.600. The number of amides is 3. The van der Waals surface area contributed by atoms with Crippen LogP contribution >= 0.6 is 0 Å². The van der Waals surface area contributed by atoms with E-state index in [1.165, 1.54) is 7.05 Å². The standard InChI is InChI=1S/C5H11N3O2/c1-6-3-4(9)8-5(10)7-2/h6H,3H2,1-2H3,(H2,7,8,9,10). The van der Waals surface area contributed by atoms with Gasteiger partial charge in [0.25, 0.3) is 0 Å². The molecule has 3 amide bonds. The van der Waals surface area contributed by atoms with Crippen LogP contribution in [0.15, 0.2) is 0 Å². The van der Waals surface area contributed by atoms with Crippen molar-refractivity contribution in [1.29, 1.82) is 0 Å². The van der Waals surface area contributed by atoms with Crippen molar-refractivity contribution in [3.05, 3.63) is 0 Å². The predicted molar refractivity (Wildman–Crippen MR) is 36.5 cm³/mol. The molecule has 0 aliphatic carbocycles. The lowest BCUT2D eigenvalue weighted by Gasteiger charge is -2.00. The molecule has 10 heavy (non-hydrogen) atoms. The Bertz CT molecular complexity index is 135. The molecule has 58 valence electrons. The van der Waals surface area contributed by atoms with Gasteiger partial charge in [0.1, 0.15) is 0 Å². The minimum atomic E-state index is -0.486. The van der Waals surface area contributed by atoms with E-state index in [1.54, 1.807) is 7.05 Å². The Balaban J connectivity index is 3.47. The van der Waals surface area contributed by atoms with Gasteiger partial charge in [-0.2, -0.15) is 0 Å². The number of hydrogen-bond acceptors (Lipinski definition) is 3. The van der Waals surface area contributed by atoms with Crippen molar-refractivity contribution >= 4 is 11.9 Å². The van der Waals surface area contributed by atoms with E-state index in [9.17, 15) is 9.59 Å². The largest absolute Gasteiger partial charge is 0.341 e. The summed E-state index contributed by atoms with van der Waals surface area (Å²) < 4.78 is 0. The summed E-state index contributed by atoms with van der Waals surface area (Å²) in [6.45, 7) is 0.146. The molecule has 0 rings (SSSR count). The van der Waals surface area contributed by atoms with Crippen molar-refractivity contribution in [3.8, 4) is 0 Å². The van der Waals surface area contributed by atoms with Crippen molar-refractivity contribution in [3.63, 3.8) is 0 Å². The van der Waals surface area contributed by atoms with Gasteiger partial charge in [0.15, 0.2) is 0 Å². The number of carbonyl (C=O) groups excluding carboxylic acids is 2. The second-order valence-electron chi connectivity index (χ2n) is 1.66. The van der Waals surface area contributed by atoms with Crippen LogP contribution in [0.1, 0.15) is 0 Å². The molecule has 0 aromatic rings. The summed E-state index contributed by atoms with van der Waals surface area (Å²) in [6, 6.07) is -0.486. The minimum absolute atomic E-state index is 0.146. The summed E-state index contributed by atoms with van der Waals surface area (Å²) in [5.41, 5.74) is 0. The summed E-state index contributed by atoms with van der Waals surface area (Å²) in [7, 11) is 3.07. The van der Waals surface area contributed by atoms with Gasteiger partial charge in [-0.3, -0.25) is 10.1 Å². The Morgan fingerprint density at radius 1 is 1.30 bits per heavy atom. The number of imide groups is 1. The van der Waals surface area contributed by atoms with E-state index in [0.717, 1.165) is 0 Å². The van der Waals surface area contributed by atoms with Crippen LogP contribution in [0.5, 0.6) is 0 Å². The van der Waals surface area contributed by atoms with Gasteiger partial charge in [0.2, 0.25) is 5.91 Å². The number of likely N-dealkylation sites (N-methyl/N-ethyl adjacent to an activating group) is 1. The third-order valence-electron chi connectivity index (χ3n) is 0.817. The smallest absolute Gasteiger partial charge is 0.321 e. The van der Waals surface area contributed by atoms with Crippen LogP contribution in [-0.4, -0.2) is 32.6 Å². The number of rotatable bonds is 2. The van der Waals surface area contributed by atoms with E-state index < -0.39 is 6.03 Å². The van der Waals surface area contributed by atoms with Gasteiger partial charge in [-0.25, -0.2) is 4.79 Å². The molecule has 0 bridgehead atoms. The van der Waals surface area contributed by atoms with E-state index in [-0.39, 0.29) is 12.5 Å². The highest BCUT2D eigenvalue weighted by molar-refractivity contribution is 5.95. The topological polar surface area (TPSA) is 70.2 Å². The summed E-state index contributed by atoms with van der Waals surface area (Å²) in [5.74, 6) is -0.346. The van der Waals surface area contributed by atoms with Crippen molar-refractivity contribution in [2.45, 2.75) is 0 Å². The van der Waals surface area contributed by atoms with Gasteiger partial charge in [-0.1, -0.05) is 0 Å². The predicted octanol–water partition coefficient (Wildman–Crippen LogP) is -1.34. The van der Waals surface area contributed by atoms with Gasteiger partial charge < -0.3 is 10.6 Å². The molecule has 0 aliphatic heterocycles. The number of nitrogens with one attached hydrogen (secondary N) is 3. The fourth-order valence-corrected chi connectivity index (χ4v) is 0.394. The molecule has 0 aromatic carbocycles. The first-order chi connectivity index (χ1) is 4.70. The van der Waals surface area contributed by atoms with E-state index in [4.69, 9.17) is 0 Å². The lowest BCUT2D eigenvalue weighted by molar-refractivity contribution is -0.119. The molecule has 0 aliphatic rings. The number of urea groups is 1. The maximum Gasteiger partial charge on any atom is 0.321 e. The molecule has 0 fully saturated rings. The Labute approximate surface area is 59.2 Å². The van der Waals surface area contributed by atoms with Crippen molar-refractivity contribution in [2.75, 3.05) is 20.6 Å². The Kier molecular flexibility index (Phi) is 4.23. The van der Waals surface area contributed by atoms with Crippen LogP contribution in [0.2, 0.25) is 0 Å². The summed E-state index contributed by atoms with van der Waals surface area (Å²) in [6.07, 6.45) is 0. The highest BCUT2D eigenvalue weighted by Gasteiger charge is 2.01. The van der Waals surface area contributed by atoms with E-state index in [1.807, 2.05) is 0 Å². The fourth-order valence-electron chi connectivity index (χ4n) is 0.394. The monoisotopic (exact) mass is 145 g/mol. The summed E-state index contributed by atoms with van der Waals surface area (Å²) in [5, 5.41) is 6.94. The third kappa shape index (κ3) is 3.85. The summed E-state index contributed by atoms with van der Waals surface area (Å²) in [4.78, 5) is 21.0. The van der Waals surface area contributed by atoms with Gasteiger partial charge in [-0.05, 0) is 7.05 Å². The highest BCUT2D eigenvalue weighted by Crippen LogP contribution is 1.63. The first kappa shape index (κ1) is 8.90. The second-order valence-corrected chi connectivity index (χ2v) is 1.66. The molecule has 0 spiro atoms. The Morgan fingerprint density at radius 2 is 1.90 bits per heavy atom. The second kappa shape index (κ2) is 4.75. The minimum Gasteiger partial charge on any atom is -0.341 e. The van der Waals surface area contributed by atoms with Gasteiger partial charge in [0.05, 0.1) is 6.54 Å². The molecule has 5 nitrogen and oxygen atoms in total. The van der Waals surface area contributed by atoms with E-state index in [2.05, 4.69) is 16.0 Å². The van der Waals surface area contributed by atoms with Crippen LogP contribution < -0.4 is 16.0 Å². The van der Waals surface area contributed by atoms with Crippen LogP contribution in [0.3, 0.4) is 0 Å². The van der Waals surface area contributed by atoms with Crippen LogP contribution in [0.4, 0.5) is 4.79 Å². The third-order valence-corrected chi connectivity index (χ3v) is 0.817. The van der Waals surface area contributed by atoms with Crippen molar-refractivity contribution in [2.24, 2.45) is 0 Å². The molecule has 0 atom stereocenters. The quantitative estimate of drug-likeness (QED) is 0.450. The van der Waals surface area contributed by atoms with E-state index in [0.29, 0.717) is 0 Å². The van der Waals surface area contributed by atoms with Crippen molar-refractivity contribution in [1.82, 2.24) is 16.0 Å². The highest BCUT2D eigenvalue weighted by atomic mass is 16.2. The molecule has 0 heterocycles. The van der Waals surface area contributed by atoms with Gasteiger partial charge in [0, 0.05) is 7.05 Å². The normalized spacial score (nSPS) is 8.60. The molecule has 0 unspecified atom stereocenters. The van der Waals surface area contributed by atoms with Crippen molar-refractivity contribution < 1.29 is 9.59 Å². The van der Waals surface area contributed by atoms with Gasteiger partial charge in [-0.15, -0.1) is 0 Å². The zero-order chi connectivity index (χ0) is 7.98. The van der Waals surface area contributed by atoms with Crippen LogP contribution in [0.25, 0.3) is 0 Å². The molecule has 0 saturated heterocycles. The average molecular weight is 145 g/mol. The lowest BCUT2D eigenvalue weighted by Crippen LogP contribution is -2.41. The number of carbonyl (C=O) groups is 2. The van der Waals surface area contributed by atoms with E-state index >= 15 is 0 Å². The maximum absolute atomic E-state index is 10.6. The molecule has 5 heteroatoms. The maximum atomic E-state index is 10.6. The molecule has 3 N–H and O–H groups in total. The van der Waals surface area contributed by atoms with Crippen LogP contribution in [-0.2, 0) is 4.79 Å². The average Bonchev–Trinajstić information content (AvgIpc) is 1.88. The Morgan fingerprint density at radius 3 is 2.30 bits per heavy atom. The first-order valence-electron chi connectivity index (χ1n) is 2.87.